The molecule has 0 saturated carbocycles. The van der Waals surface area contributed by atoms with Gasteiger partial charge >= 0.3 is 6.03 Å². The van der Waals surface area contributed by atoms with Crippen LogP contribution in [-0.2, 0) is 9.53 Å². The van der Waals surface area contributed by atoms with Crippen molar-refractivity contribution in [1.82, 2.24) is 15.1 Å². The molecule has 150 valence electrons. The SMILES string of the molecule is COC1CCN(c2ccc(C(=O)N3CCC(N4C(=O)CNC4=O)CC3)cc2)C1. The van der Waals surface area contributed by atoms with E-state index in [1.807, 2.05) is 24.3 Å². The molecule has 3 heterocycles. The lowest BCUT2D eigenvalue weighted by Crippen LogP contribution is -2.49. The predicted octanol–water partition coefficient (Wildman–Crippen LogP) is 1.07. The molecule has 1 unspecified atom stereocenters. The van der Waals surface area contributed by atoms with Gasteiger partial charge in [0.15, 0.2) is 0 Å². The summed E-state index contributed by atoms with van der Waals surface area (Å²) in [6, 6.07) is 7.30. The van der Waals surface area contributed by atoms with Crippen molar-refractivity contribution in [3.63, 3.8) is 0 Å². The number of imide groups is 1. The molecule has 8 nitrogen and oxygen atoms in total. The number of hydrogen-bond donors (Lipinski definition) is 1. The maximum atomic E-state index is 12.8. The van der Waals surface area contributed by atoms with Gasteiger partial charge in [0.05, 0.1) is 12.6 Å². The van der Waals surface area contributed by atoms with E-state index in [9.17, 15) is 14.4 Å². The standard InChI is InChI=1S/C20H26N4O4/c1-28-17-8-11-23(13-17)15-4-2-14(3-5-15)19(26)22-9-6-16(7-10-22)24-18(25)12-21-20(24)27/h2-5,16-17H,6-13H2,1H3,(H,21,27). The third kappa shape index (κ3) is 3.56. The fourth-order valence-electron chi connectivity index (χ4n) is 4.28. The first kappa shape index (κ1) is 18.7. The summed E-state index contributed by atoms with van der Waals surface area (Å²) in [5.74, 6) is -0.179. The highest BCUT2D eigenvalue weighted by Crippen LogP contribution is 2.24. The van der Waals surface area contributed by atoms with E-state index in [-0.39, 0.29) is 36.5 Å². The number of carbonyl (C=O) groups is 3. The van der Waals surface area contributed by atoms with Gasteiger partial charge in [-0.3, -0.25) is 14.5 Å². The summed E-state index contributed by atoms with van der Waals surface area (Å²) in [4.78, 5) is 41.9. The number of nitrogens with one attached hydrogen (secondary N) is 1. The van der Waals surface area contributed by atoms with E-state index in [0.29, 0.717) is 31.5 Å². The predicted molar refractivity (Wildman–Crippen MR) is 103 cm³/mol. The number of likely N-dealkylation sites (tertiary alicyclic amines) is 1. The van der Waals surface area contributed by atoms with Gasteiger partial charge < -0.3 is 19.9 Å². The Kier molecular flexibility index (Phi) is 5.21. The maximum Gasteiger partial charge on any atom is 0.324 e. The number of piperidine rings is 1. The van der Waals surface area contributed by atoms with E-state index in [0.717, 1.165) is 25.2 Å². The fraction of sp³-hybridized carbons (Fsp3) is 0.550. The molecule has 1 aromatic carbocycles. The van der Waals surface area contributed by atoms with Crippen LogP contribution in [0.15, 0.2) is 24.3 Å². The molecule has 28 heavy (non-hydrogen) atoms. The molecule has 0 spiro atoms. The quantitative estimate of drug-likeness (QED) is 0.783. The number of methoxy groups -OCH3 is 1. The number of carbonyl (C=O) groups excluding carboxylic acids is 3. The Bertz CT molecular complexity index is 742. The van der Waals surface area contributed by atoms with Gasteiger partial charge in [0.1, 0.15) is 0 Å². The molecule has 0 bridgehead atoms. The Morgan fingerprint density at radius 2 is 1.79 bits per heavy atom. The minimum atomic E-state index is -0.317. The summed E-state index contributed by atoms with van der Waals surface area (Å²) in [6.45, 7) is 3.00. The number of hydrogen-bond acceptors (Lipinski definition) is 5. The zero-order valence-electron chi connectivity index (χ0n) is 16.1. The van der Waals surface area contributed by atoms with E-state index in [1.165, 1.54) is 4.90 Å². The van der Waals surface area contributed by atoms with Gasteiger partial charge in [0.2, 0.25) is 5.91 Å². The van der Waals surface area contributed by atoms with Crippen LogP contribution in [0.2, 0.25) is 0 Å². The van der Waals surface area contributed by atoms with Crippen molar-refractivity contribution >= 4 is 23.5 Å². The molecule has 3 aliphatic heterocycles. The fourth-order valence-corrected chi connectivity index (χ4v) is 4.28. The van der Waals surface area contributed by atoms with E-state index >= 15 is 0 Å². The second kappa shape index (κ2) is 7.79. The summed E-state index contributed by atoms with van der Waals surface area (Å²) in [5, 5.41) is 2.56. The molecule has 1 aromatic rings. The normalized spacial score (nSPS) is 23.5. The lowest BCUT2D eigenvalue weighted by atomic mass is 10.0. The lowest BCUT2D eigenvalue weighted by Gasteiger charge is -2.35. The molecule has 4 amide bonds. The first-order valence-corrected chi connectivity index (χ1v) is 9.84. The largest absolute Gasteiger partial charge is 0.380 e. The van der Waals surface area contributed by atoms with Crippen molar-refractivity contribution in [3.8, 4) is 0 Å². The van der Waals surface area contributed by atoms with Crippen molar-refractivity contribution in [3.05, 3.63) is 29.8 Å². The van der Waals surface area contributed by atoms with E-state index in [2.05, 4.69) is 10.2 Å². The number of anilines is 1. The zero-order valence-corrected chi connectivity index (χ0v) is 16.1. The van der Waals surface area contributed by atoms with Crippen molar-refractivity contribution < 1.29 is 19.1 Å². The van der Waals surface area contributed by atoms with Crippen LogP contribution in [0.1, 0.15) is 29.6 Å². The molecule has 8 heteroatoms. The van der Waals surface area contributed by atoms with Crippen LogP contribution in [0.5, 0.6) is 0 Å². The summed E-state index contributed by atoms with van der Waals surface area (Å²) in [6.07, 6.45) is 2.53. The first-order chi connectivity index (χ1) is 13.6. The minimum absolute atomic E-state index is 0.00149. The van der Waals surface area contributed by atoms with E-state index in [1.54, 1.807) is 12.0 Å². The van der Waals surface area contributed by atoms with Gasteiger partial charge in [-0.05, 0) is 43.5 Å². The van der Waals surface area contributed by atoms with E-state index in [4.69, 9.17) is 4.74 Å². The number of urea groups is 1. The van der Waals surface area contributed by atoms with Crippen LogP contribution >= 0.6 is 0 Å². The van der Waals surface area contributed by atoms with Gasteiger partial charge in [0.25, 0.3) is 5.91 Å². The average molecular weight is 386 g/mol. The molecule has 4 rings (SSSR count). The Balaban J connectivity index is 1.34. The molecule has 3 saturated heterocycles. The number of rotatable bonds is 4. The van der Waals surface area contributed by atoms with Crippen LogP contribution in [0.3, 0.4) is 0 Å². The van der Waals surface area contributed by atoms with Crippen molar-refractivity contribution in [2.45, 2.75) is 31.4 Å². The molecule has 3 aliphatic rings. The molecular weight excluding hydrogens is 360 g/mol. The Morgan fingerprint density at radius 1 is 1.07 bits per heavy atom. The van der Waals surface area contributed by atoms with Gasteiger partial charge in [-0.1, -0.05) is 0 Å². The Hall–Kier alpha value is -2.61. The van der Waals surface area contributed by atoms with Crippen molar-refractivity contribution in [2.75, 3.05) is 44.7 Å². The number of ether oxygens (including phenoxy) is 1. The molecular formula is C20H26N4O4. The van der Waals surface area contributed by atoms with Crippen LogP contribution in [0.4, 0.5) is 10.5 Å². The van der Waals surface area contributed by atoms with Gasteiger partial charge in [-0.15, -0.1) is 0 Å². The third-order valence-corrected chi connectivity index (χ3v) is 5.95. The van der Waals surface area contributed by atoms with Crippen LogP contribution in [-0.4, -0.2) is 79.6 Å². The molecule has 1 atom stereocenters. The van der Waals surface area contributed by atoms with Crippen LogP contribution in [0, 0.1) is 0 Å². The summed E-state index contributed by atoms with van der Waals surface area (Å²) < 4.78 is 5.41. The van der Waals surface area contributed by atoms with E-state index < -0.39 is 0 Å². The van der Waals surface area contributed by atoms with Crippen LogP contribution in [0.25, 0.3) is 0 Å². The molecule has 1 N–H and O–H groups in total. The highest BCUT2D eigenvalue weighted by Gasteiger charge is 2.37. The first-order valence-electron chi connectivity index (χ1n) is 9.84. The average Bonchev–Trinajstić information content (AvgIpc) is 3.34. The highest BCUT2D eigenvalue weighted by molar-refractivity contribution is 6.02. The van der Waals surface area contributed by atoms with Crippen molar-refractivity contribution in [1.29, 1.82) is 0 Å². The number of nitrogens with zero attached hydrogens (tertiary/aromatic N) is 3. The zero-order chi connectivity index (χ0) is 19.7. The summed E-state index contributed by atoms with van der Waals surface area (Å²) in [5.41, 5.74) is 1.77. The summed E-state index contributed by atoms with van der Waals surface area (Å²) >= 11 is 0. The maximum absolute atomic E-state index is 12.8. The smallest absolute Gasteiger partial charge is 0.324 e. The Labute approximate surface area is 164 Å². The van der Waals surface area contributed by atoms with Gasteiger partial charge in [-0.25, -0.2) is 4.79 Å². The van der Waals surface area contributed by atoms with Gasteiger partial charge in [0, 0.05) is 50.6 Å². The van der Waals surface area contributed by atoms with Crippen LogP contribution < -0.4 is 10.2 Å². The third-order valence-electron chi connectivity index (χ3n) is 5.95. The topological polar surface area (TPSA) is 82.2 Å². The highest BCUT2D eigenvalue weighted by atomic mass is 16.5. The molecule has 0 radical (unpaired) electrons. The minimum Gasteiger partial charge on any atom is -0.380 e. The van der Waals surface area contributed by atoms with Crippen molar-refractivity contribution in [2.24, 2.45) is 0 Å². The summed E-state index contributed by atoms with van der Waals surface area (Å²) in [7, 11) is 1.74. The monoisotopic (exact) mass is 386 g/mol. The Morgan fingerprint density at radius 3 is 2.36 bits per heavy atom. The number of benzene rings is 1. The lowest BCUT2D eigenvalue weighted by molar-refractivity contribution is -0.127. The second-order valence-electron chi connectivity index (χ2n) is 7.59. The second-order valence-corrected chi connectivity index (χ2v) is 7.59. The molecule has 3 fully saturated rings. The molecule has 0 aliphatic carbocycles. The molecule has 0 aromatic heterocycles. The van der Waals surface area contributed by atoms with Gasteiger partial charge in [-0.2, -0.15) is 0 Å². The number of amides is 4.